The van der Waals surface area contributed by atoms with E-state index < -0.39 is 15.6 Å². The molecule has 11 heteroatoms. The number of phosphoric ester groups is 2. The number of rotatable bonds is 40. The molecular formula is C50H106N2O7P2. The van der Waals surface area contributed by atoms with Crippen molar-refractivity contribution in [1.82, 2.24) is 0 Å². The summed E-state index contributed by atoms with van der Waals surface area (Å²) in [6.45, 7) is 37.6. The Morgan fingerprint density at radius 1 is 0.443 bits per heavy atom. The lowest BCUT2D eigenvalue weighted by atomic mass is 10.1. The van der Waals surface area contributed by atoms with Crippen molar-refractivity contribution in [1.29, 1.82) is 0 Å². The average molecular weight is 909 g/mol. The van der Waals surface area contributed by atoms with Gasteiger partial charge in [0.2, 0.25) is 0 Å². The molecule has 0 aromatic carbocycles. The zero-order valence-electron chi connectivity index (χ0n) is 42.8. The van der Waals surface area contributed by atoms with Gasteiger partial charge in [-0.05, 0) is 91.4 Å². The van der Waals surface area contributed by atoms with Crippen LogP contribution in [0.4, 0.5) is 0 Å². The van der Waals surface area contributed by atoms with Crippen molar-refractivity contribution in [2.45, 2.75) is 237 Å². The fraction of sp³-hybridized carbons (Fsp3) is 0.920. The summed E-state index contributed by atoms with van der Waals surface area (Å²) in [5, 5.41) is 0. The topological polar surface area (TPSA) is 108 Å². The maximum absolute atomic E-state index is 11.6. The molecule has 0 aromatic rings. The molecule has 0 saturated carbocycles. The normalized spacial score (nSPS) is 14.0. The lowest BCUT2D eigenvalue weighted by molar-refractivity contribution is -0.929. The molecule has 0 amide bonds. The summed E-state index contributed by atoms with van der Waals surface area (Å²) in [6, 6.07) is 0. The molecule has 0 bridgehead atoms. The smallest absolute Gasteiger partial charge is 0.274 e. The number of allylic oxidation sites excluding steroid dienone is 3. The first-order chi connectivity index (χ1) is 29.1. The molecule has 0 radical (unpaired) electrons. The molecule has 0 heterocycles. The SMILES string of the molecule is CCCCCCCCOP(=O)([O-])OP(=O)([O-])OC/C=C(\C)CCC=C(C)C.CCCC[N+](CCCC)(CCCC)CCCC.CCCC[N+](CCCC)(CCCC)CCCC. The second-order valence-corrected chi connectivity index (χ2v) is 21.0. The van der Waals surface area contributed by atoms with Gasteiger partial charge in [0.25, 0.3) is 15.6 Å². The Labute approximate surface area is 381 Å². The Bertz CT molecular complexity index is 1000. The molecule has 0 spiro atoms. The Balaban J connectivity index is -0.000000865. The van der Waals surface area contributed by atoms with Crippen LogP contribution in [0, 0.1) is 0 Å². The lowest BCUT2D eigenvalue weighted by Crippen LogP contribution is -2.50. The second-order valence-electron chi connectivity index (χ2n) is 18.0. The summed E-state index contributed by atoms with van der Waals surface area (Å²) < 4.78 is 39.3. The van der Waals surface area contributed by atoms with Crippen LogP contribution >= 0.6 is 15.6 Å². The van der Waals surface area contributed by atoms with Crippen LogP contribution in [0.25, 0.3) is 0 Å². The highest BCUT2D eigenvalue weighted by Crippen LogP contribution is 2.55. The average Bonchev–Trinajstić information content (AvgIpc) is 3.22. The number of unbranched alkanes of at least 4 members (excludes halogenated alkanes) is 13. The number of quaternary nitrogens is 2. The number of phosphoric acid groups is 2. The molecule has 0 aliphatic heterocycles. The minimum Gasteiger partial charge on any atom is -0.756 e. The molecule has 0 aliphatic carbocycles. The van der Waals surface area contributed by atoms with E-state index in [1.807, 2.05) is 20.8 Å². The molecular weight excluding hydrogens is 803 g/mol. The molecule has 2 unspecified atom stereocenters. The Morgan fingerprint density at radius 2 is 0.754 bits per heavy atom. The number of hydrogen-bond donors (Lipinski definition) is 0. The van der Waals surface area contributed by atoms with E-state index in [0.717, 1.165) is 50.5 Å². The first kappa shape index (κ1) is 64.9. The van der Waals surface area contributed by atoms with Crippen LogP contribution in [-0.4, -0.2) is 74.5 Å². The largest absolute Gasteiger partial charge is 0.756 e. The molecule has 368 valence electrons. The van der Waals surface area contributed by atoms with Crippen molar-refractivity contribution >= 4 is 15.6 Å². The van der Waals surface area contributed by atoms with Gasteiger partial charge in [0.1, 0.15) is 0 Å². The van der Waals surface area contributed by atoms with Gasteiger partial charge in [-0.3, -0.25) is 9.13 Å². The summed E-state index contributed by atoms with van der Waals surface area (Å²) in [6.07, 6.45) is 33.1. The van der Waals surface area contributed by atoms with E-state index in [1.54, 1.807) is 6.08 Å². The van der Waals surface area contributed by atoms with Crippen LogP contribution in [0.1, 0.15) is 237 Å². The van der Waals surface area contributed by atoms with Crippen LogP contribution in [-0.2, 0) is 22.5 Å². The van der Waals surface area contributed by atoms with Crippen molar-refractivity contribution in [3.05, 3.63) is 23.3 Å². The predicted octanol–water partition coefficient (Wildman–Crippen LogP) is 15.0. The van der Waals surface area contributed by atoms with Gasteiger partial charge in [-0.1, -0.05) is 169 Å². The fourth-order valence-corrected chi connectivity index (χ4v) is 9.45. The Hall–Kier alpha value is -0.340. The number of nitrogens with zero attached hydrogens (tertiary/aromatic N) is 2. The van der Waals surface area contributed by atoms with E-state index in [9.17, 15) is 18.9 Å². The molecule has 0 fully saturated rings. The first-order valence-corrected chi connectivity index (χ1v) is 28.6. The summed E-state index contributed by atoms with van der Waals surface area (Å²) in [7, 11) is -9.94. The molecule has 61 heavy (non-hydrogen) atoms. The van der Waals surface area contributed by atoms with Crippen LogP contribution in [0.5, 0.6) is 0 Å². The molecule has 9 nitrogen and oxygen atoms in total. The fourth-order valence-electron chi connectivity index (χ4n) is 7.48. The van der Waals surface area contributed by atoms with E-state index in [1.165, 1.54) is 170 Å². The van der Waals surface area contributed by atoms with E-state index in [-0.39, 0.29) is 13.2 Å². The number of hydrogen-bond acceptors (Lipinski definition) is 7. The molecule has 0 N–H and O–H groups in total. The summed E-state index contributed by atoms with van der Waals surface area (Å²) in [5.74, 6) is 0. The molecule has 0 saturated heterocycles. The summed E-state index contributed by atoms with van der Waals surface area (Å²) >= 11 is 0. The van der Waals surface area contributed by atoms with Gasteiger partial charge in [0.05, 0.1) is 65.6 Å². The van der Waals surface area contributed by atoms with Gasteiger partial charge < -0.3 is 27.8 Å². The van der Waals surface area contributed by atoms with E-state index >= 15 is 0 Å². The van der Waals surface area contributed by atoms with Crippen LogP contribution in [0.15, 0.2) is 23.3 Å². The van der Waals surface area contributed by atoms with Crippen LogP contribution in [0.3, 0.4) is 0 Å². The standard InChI is InChI=1S/C18H36O7P2.2C16H36N/c1-5-6-7-8-9-10-15-23-26(19,20)25-27(21,22)24-16-14-18(4)13-11-12-17(2)3;2*1-5-9-13-17(14-10-6-2,15-11-7-3)16-12-8-4/h12,14H,5-11,13,15-16H2,1-4H3,(H,19,20)(H,21,22);2*5-16H2,1-4H3/q;2*+1/p-2/b18-14+;;. The lowest BCUT2D eigenvalue weighted by Gasteiger charge is -2.39. The highest BCUT2D eigenvalue weighted by molar-refractivity contribution is 7.59. The maximum atomic E-state index is 11.6. The molecule has 2 atom stereocenters. The van der Waals surface area contributed by atoms with Crippen molar-refractivity contribution in [3.63, 3.8) is 0 Å². The quantitative estimate of drug-likeness (QED) is 0.0261. The van der Waals surface area contributed by atoms with Gasteiger partial charge in [0, 0.05) is 0 Å². The van der Waals surface area contributed by atoms with Gasteiger partial charge in [-0.25, -0.2) is 4.31 Å². The zero-order valence-corrected chi connectivity index (χ0v) is 44.6. The molecule has 0 aromatic heterocycles. The Kier molecular flexibility index (Phi) is 46.4. The van der Waals surface area contributed by atoms with Crippen molar-refractivity contribution in [2.24, 2.45) is 0 Å². The second kappa shape index (κ2) is 43.5. The van der Waals surface area contributed by atoms with E-state index in [4.69, 9.17) is 0 Å². The van der Waals surface area contributed by atoms with Gasteiger partial charge in [-0.2, -0.15) is 0 Å². The minimum absolute atomic E-state index is 0.101. The first-order valence-electron chi connectivity index (χ1n) is 25.7. The van der Waals surface area contributed by atoms with Crippen LogP contribution in [0.2, 0.25) is 0 Å². The van der Waals surface area contributed by atoms with Gasteiger partial charge >= 0.3 is 0 Å². The highest BCUT2D eigenvalue weighted by atomic mass is 31.3. The monoisotopic (exact) mass is 909 g/mol. The molecule has 0 aliphatic rings. The van der Waals surface area contributed by atoms with Crippen molar-refractivity contribution in [2.75, 3.05) is 65.6 Å². The zero-order chi connectivity index (χ0) is 46.7. The van der Waals surface area contributed by atoms with E-state index in [0.29, 0.717) is 6.42 Å². The maximum Gasteiger partial charge on any atom is 0.274 e. The minimum atomic E-state index is -4.99. The van der Waals surface area contributed by atoms with Crippen LogP contribution < -0.4 is 9.79 Å². The third-order valence-corrected chi connectivity index (χ3v) is 14.2. The van der Waals surface area contributed by atoms with Gasteiger partial charge in [-0.15, -0.1) is 0 Å². The highest BCUT2D eigenvalue weighted by Gasteiger charge is 2.26. The van der Waals surface area contributed by atoms with Crippen molar-refractivity contribution in [3.8, 4) is 0 Å². The third-order valence-electron chi connectivity index (χ3n) is 11.6. The summed E-state index contributed by atoms with van der Waals surface area (Å²) in [4.78, 5) is 23.2. The molecule has 0 rings (SSSR count). The summed E-state index contributed by atoms with van der Waals surface area (Å²) in [5.41, 5.74) is 2.15. The van der Waals surface area contributed by atoms with Gasteiger partial charge in [0.15, 0.2) is 0 Å². The predicted molar refractivity (Wildman–Crippen MR) is 263 cm³/mol. The third kappa shape index (κ3) is 42.1. The Morgan fingerprint density at radius 3 is 1.08 bits per heavy atom. The van der Waals surface area contributed by atoms with Crippen molar-refractivity contribution < 1.29 is 41.2 Å². The van der Waals surface area contributed by atoms with E-state index in [2.05, 4.69) is 81.7 Å².